The molecule has 1 aromatic carbocycles. The van der Waals surface area contributed by atoms with E-state index in [4.69, 9.17) is 10.5 Å². The zero-order chi connectivity index (χ0) is 19.6. The molecule has 0 aliphatic heterocycles. The van der Waals surface area contributed by atoms with Crippen molar-refractivity contribution in [2.75, 3.05) is 18.2 Å². The summed E-state index contributed by atoms with van der Waals surface area (Å²) in [7, 11) is 1.23. The summed E-state index contributed by atoms with van der Waals surface area (Å²) in [6.07, 6.45) is 3.05. The standard InChI is InChI=1S/C18H15N5O3S/c1-10-12(16(24)22-18-21-6-7-27-18)4-3-5-13(10)23-9-11(8-19)14(20)15(23)17(25)26-2/h3-7,9H,20H2,1-2H3,(H,21,22,24). The number of nitrogen functional groups attached to an aromatic ring is 1. The Hall–Kier alpha value is -3.64. The smallest absolute Gasteiger partial charge is 0.357 e. The monoisotopic (exact) mass is 381 g/mol. The summed E-state index contributed by atoms with van der Waals surface area (Å²) < 4.78 is 6.26. The number of hydrogen-bond donors (Lipinski definition) is 2. The fraction of sp³-hybridized carbons (Fsp3) is 0.111. The van der Waals surface area contributed by atoms with E-state index in [9.17, 15) is 14.9 Å². The van der Waals surface area contributed by atoms with Crippen LogP contribution in [0.1, 0.15) is 32.0 Å². The van der Waals surface area contributed by atoms with Gasteiger partial charge in [-0.3, -0.25) is 10.1 Å². The maximum Gasteiger partial charge on any atom is 0.357 e. The van der Waals surface area contributed by atoms with Crippen LogP contribution in [0.3, 0.4) is 0 Å². The number of methoxy groups -OCH3 is 1. The fourth-order valence-electron chi connectivity index (χ4n) is 2.68. The van der Waals surface area contributed by atoms with Gasteiger partial charge in [0.05, 0.1) is 18.4 Å². The minimum atomic E-state index is -0.675. The van der Waals surface area contributed by atoms with Crippen LogP contribution in [0.15, 0.2) is 36.0 Å². The first-order chi connectivity index (χ1) is 13.0. The first kappa shape index (κ1) is 18.2. The van der Waals surface area contributed by atoms with E-state index in [2.05, 4.69) is 10.3 Å². The summed E-state index contributed by atoms with van der Waals surface area (Å²) in [4.78, 5) is 28.8. The lowest BCUT2D eigenvalue weighted by Crippen LogP contribution is -2.16. The van der Waals surface area contributed by atoms with Crippen LogP contribution >= 0.6 is 11.3 Å². The normalized spacial score (nSPS) is 10.3. The number of nitrogens with two attached hydrogens (primary N) is 1. The van der Waals surface area contributed by atoms with E-state index in [1.165, 1.54) is 29.2 Å². The molecule has 8 nitrogen and oxygen atoms in total. The molecule has 0 unspecified atom stereocenters. The van der Waals surface area contributed by atoms with Gasteiger partial charge in [0.15, 0.2) is 10.8 Å². The Kier molecular flexibility index (Phi) is 4.92. The lowest BCUT2D eigenvalue weighted by atomic mass is 10.1. The van der Waals surface area contributed by atoms with Crippen molar-refractivity contribution in [2.24, 2.45) is 0 Å². The second-order valence-corrected chi connectivity index (χ2v) is 6.41. The molecular formula is C18H15N5O3S. The number of carbonyl (C=O) groups is 2. The molecule has 3 N–H and O–H groups in total. The minimum absolute atomic E-state index is 0.0291. The fourth-order valence-corrected chi connectivity index (χ4v) is 3.21. The highest BCUT2D eigenvalue weighted by molar-refractivity contribution is 7.13. The number of thiazole rings is 1. The predicted molar refractivity (Wildman–Crippen MR) is 101 cm³/mol. The van der Waals surface area contributed by atoms with Crippen LogP contribution in [-0.2, 0) is 4.74 Å². The molecule has 3 rings (SSSR count). The first-order valence-electron chi connectivity index (χ1n) is 7.78. The third-order valence-corrected chi connectivity index (χ3v) is 4.69. The summed E-state index contributed by atoms with van der Waals surface area (Å²) in [6.45, 7) is 1.75. The minimum Gasteiger partial charge on any atom is -0.464 e. The van der Waals surface area contributed by atoms with Crippen LogP contribution in [0.2, 0.25) is 0 Å². The Balaban J connectivity index is 2.10. The number of nitrogens with zero attached hydrogens (tertiary/aromatic N) is 3. The number of nitrogens with one attached hydrogen (secondary N) is 1. The largest absolute Gasteiger partial charge is 0.464 e. The van der Waals surface area contributed by atoms with Gasteiger partial charge >= 0.3 is 5.97 Å². The van der Waals surface area contributed by atoms with Gasteiger partial charge in [-0.25, -0.2) is 9.78 Å². The molecule has 9 heteroatoms. The SMILES string of the molecule is COC(=O)c1c(N)c(C#N)cn1-c1cccc(C(=O)Nc2nccs2)c1C. The second-order valence-electron chi connectivity index (χ2n) is 5.52. The molecule has 0 atom stereocenters. The molecule has 0 bridgehead atoms. The van der Waals surface area contributed by atoms with Crippen molar-refractivity contribution < 1.29 is 14.3 Å². The number of nitriles is 1. The number of benzene rings is 1. The molecular weight excluding hydrogens is 366 g/mol. The number of hydrogen-bond acceptors (Lipinski definition) is 7. The zero-order valence-electron chi connectivity index (χ0n) is 14.5. The van der Waals surface area contributed by atoms with Gasteiger partial charge in [0, 0.05) is 29.0 Å². The van der Waals surface area contributed by atoms with Crippen LogP contribution in [0.25, 0.3) is 5.69 Å². The lowest BCUT2D eigenvalue weighted by molar-refractivity contribution is 0.0593. The Bertz CT molecular complexity index is 1060. The number of ether oxygens (including phenoxy) is 1. The Morgan fingerprint density at radius 3 is 2.81 bits per heavy atom. The molecule has 0 aliphatic carbocycles. The number of rotatable bonds is 4. The van der Waals surface area contributed by atoms with Crippen molar-refractivity contribution in [3.63, 3.8) is 0 Å². The van der Waals surface area contributed by atoms with Crippen molar-refractivity contribution in [2.45, 2.75) is 6.92 Å². The van der Waals surface area contributed by atoms with Crippen LogP contribution in [0.4, 0.5) is 10.8 Å². The summed E-state index contributed by atoms with van der Waals surface area (Å²) in [5.74, 6) is -1.00. The molecule has 27 heavy (non-hydrogen) atoms. The third-order valence-electron chi connectivity index (χ3n) is 4.01. The highest BCUT2D eigenvalue weighted by atomic mass is 32.1. The van der Waals surface area contributed by atoms with Crippen LogP contribution in [0, 0.1) is 18.3 Å². The van der Waals surface area contributed by atoms with Gasteiger partial charge in [0.1, 0.15) is 6.07 Å². The van der Waals surface area contributed by atoms with Crippen molar-refractivity contribution >= 4 is 34.0 Å². The Morgan fingerprint density at radius 2 is 2.19 bits per heavy atom. The summed E-state index contributed by atoms with van der Waals surface area (Å²) in [5.41, 5.74) is 7.70. The topological polar surface area (TPSA) is 123 Å². The average molecular weight is 381 g/mol. The van der Waals surface area contributed by atoms with Crippen molar-refractivity contribution in [1.82, 2.24) is 9.55 Å². The van der Waals surface area contributed by atoms with Gasteiger partial charge in [-0.05, 0) is 24.6 Å². The number of aromatic nitrogens is 2. The molecule has 136 valence electrons. The third kappa shape index (κ3) is 3.26. The summed E-state index contributed by atoms with van der Waals surface area (Å²) in [6, 6.07) is 7.02. The molecule has 1 amide bonds. The van der Waals surface area contributed by atoms with Crippen molar-refractivity contribution in [3.05, 3.63) is 58.4 Å². The van der Waals surface area contributed by atoms with E-state index in [0.29, 0.717) is 21.9 Å². The van der Waals surface area contributed by atoms with E-state index >= 15 is 0 Å². The second kappa shape index (κ2) is 7.31. The molecule has 2 heterocycles. The number of carbonyl (C=O) groups excluding carboxylic acids is 2. The molecule has 0 saturated carbocycles. The van der Waals surface area contributed by atoms with Crippen LogP contribution < -0.4 is 11.1 Å². The summed E-state index contributed by atoms with van der Waals surface area (Å²) >= 11 is 1.31. The Labute approximate surface area is 158 Å². The maximum atomic E-state index is 12.6. The van der Waals surface area contributed by atoms with E-state index in [-0.39, 0.29) is 22.9 Å². The maximum absolute atomic E-state index is 12.6. The van der Waals surface area contributed by atoms with Gasteiger partial charge < -0.3 is 15.0 Å². The van der Waals surface area contributed by atoms with Gasteiger partial charge in [0.25, 0.3) is 5.91 Å². The van der Waals surface area contributed by atoms with Gasteiger partial charge in [-0.2, -0.15) is 5.26 Å². The van der Waals surface area contributed by atoms with E-state index < -0.39 is 5.97 Å². The first-order valence-corrected chi connectivity index (χ1v) is 8.66. The zero-order valence-corrected chi connectivity index (χ0v) is 15.3. The Morgan fingerprint density at radius 1 is 1.41 bits per heavy atom. The van der Waals surface area contributed by atoms with Crippen LogP contribution in [-0.4, -0.2) is 28.5 Å². The van der Waals surface area contributed by atoms with Crippen molar-refractivity contribution in [1.29, 1.82) is 5.26 Å². The number of anilines is 2. The number of amides is 1. The van der Waals surface area contributed by atoms with E-state index in [0.717, 1.165) is 0 Å². The van der Waals surface area contributed by atoms with E-state index in [1.54, 1.807) is 36.7 Å². The lowest BCUT2D eigenvalue weighted by Gasteiger charge is -2.14. The molecule has 0 radical (unpaired) electrons. The average Bonchev–Trinajstić information content (AvgIpc) is 3.28. The molecule has 3 aromatic rings. The quantitative estimate of drug-likeness (QED) is 0.670. The molecule has 0 spiro atoms. The highest BCUT2D eigenvalue weighted by Gasteiger charge is 2.23. The van der Waals surface area contributed by atoms with Gasteiger partial charge in [-0.1, -0.05) is 6.07 Å². The summed E-state index contributed by atoms with van der Waals surface area (Å²) in [5, 5.41) is 14.2. The molecule has 2 aromatic heterocycles. The predicted octanol–water partition coefficient (Wildman–Crippen LogP) is 2.74. The highest BCUT2D eigenvalue weighted by Crippen LogP contribution is 2.28. The van der Waals surface area contributed by atoms with Gasteiger partial charge in [0.2, 0.25) is 0 Å². The molecule has 0 saturated heterocycles. The van der Waals surface area contributed by atoms with Crippen LogP contribution in [0.5, 0.6) is 0 Å². The van der Waals surface area contributed by atoms with E-state index in [1.807, 2.05) is 6.07 Å². The van der Waals surface area contributed by atoms with Crippen molar-refractivity contribution in [3.8, 4) is 11.8 Å². The molecule has 0 fully saturated rings. The number of esters is 1. The van der Waals surface area contributed by atoms with Gasteiger partial charge in [-0.15, -0.1) is 11.3 Å². The molecule has 0 aliphatic rings.